The van der Waals surface area contributed by atoms with Crippen molar-refractivity contribution in [2.45, 2.75) is 37.3 Å². The van der Waals surface area contributed by atoms with E-state index in [2.05, 4.69) is 17.4 Å². The minimum Gasteiger partial charge on any atom is -0.351 e. The highest BCUT2D eigenvalue weighted by molar-refractivity contribution is 6.35. The zero-order chi connectivity index (χ0) is 19.0. The molecule has 4 nitrogen and oxygen atoms in total. The Morgan fingerprint density at radius 3 is 2.63 bits per heavy atom. The number of rotatable bonds is 4. The minimum atomic E-state index is -0.454. The van der Waals surface area contributed by atoms with Gasteiger partial charge in [-0.25, -0.2) is 0 Å². The summed E-state index contributed by atoms with van der Waals surface area (Å²) in [5.41, 5.74) is 1.59. The van der Waals surface area contributed by atoms with E-state index < -0.39 is 6.04 Å². The summed E-state index contributed by atoms with van der Waals surface area (Å²) >= 11 is 12.2. The minimum absolute atomic E-state index is 0.0811. The number of likely N-dealkylation sites (tertiary alicyclic amines) is 1. The quantitative estimate of drug-likeness (QED) is 0.829. The van der Waals surface area contributed by atoms with Crippen LogP contribution in [0.2, 0.25) is 10.0 Å². The van der Waals surface area contributed by atoms with Gasteiger partial charge in [0.05, 0.1) is 10.6 Å². The Hall–Kier alpha value is -2.04. The summed E-state index contributed by atoms with van der Waals surface area (Å²) < 4.78 is 0. The van der Waals surface area contributed by atoms with Crippen molar-refractivity contribution in [1.29, 1.82) is 0 Å². The van der Waals surface area contributed by atoms with E-state index in [1.54, 1.807) is 23.1 Å². The topological polar surface area (TPSA) is 49.4 Å². The SMILES string of the molecule is O=C(N[C@@H]1C[C@H]1c1ccccc1)[C@@H]1CCCN1C(=O)c1cc(Cl)ccc1Cl. The summed E-state index contributed by atoms with van der Waals surface area (Å²) in [5.74, 6) is 0.0427. The molecule has 2 aliphatic rings. The molecule has 2 fully saturated rings. The number of benzene rings is 2. The Morgan fingerprint density at radius 1 is 1.07 bits per heavy atom. The van der Waals surface area contributed by atoms with Crippen molar-refractivity contribution < 1.29 is 9.59 Å². The van der Waals surface area contributed by atoms with E-state index in [0.717, 1.165) is 12.8 Å². The van der Waals surface area contributed by atoms with Gasteiger partial charge in [0.25, 0.3) is 5.91 Å². The normalized spacial score (nSPS) is 23.9. The molecule has 140 valence electrons. The third kappa shape index (κ3) is 3.83. The van der Waals surface area contributed by atoms with Crippen LogP contribution in [0, 0.1) is 0 Å². The molecular weight excluding hydrogens is 383 g/mol. The summed E-state index contributed by atoms with van der Waals surface area (Å²) in [6.45, 7) is 0.548. The van der Waals surface area contributed by atoms with Crippen molar-refractivity contribution in [1.82, 2.24) is 10.2 Å². The second kappa shape index (κ2) is 7.53. The Balaban J connectivity index is 1.43. The van der Waals surface area contributed by atoms with E-state index in [1.165, 1.54) is 5.56 Å². The molecule has 0 radical (unpaired) electrons. The van der Waals surface area contributed by atoms with Gasteiger partial charge in [-0.3, -0.25) is 9.59 Å². The van der Waals surface area contributed by atoms with Crippen molar-refractivity contribution in [3.8, 4) is 0 Å². The molecule has 6 heteroatoms. The van der Waals surface area contributed by atoms with E-state index in [1.807, 2.05) is 18.2 Å². The number of carbonyl (C=O) groups excluding carboxylic acids is 2. The van der Waals surface area contributed by atoms with Gasteiger partial charge in [-0.2, -0.15) is 0 Å². The van der Waals surface area contributed by atoms with Gasteiger partial charge >= 0.3 is 0 Å². The van der Waals surface area contributed by atoms with Crippen LogP contribution in [-0.4, -0.2) is 35.3 Å². The lowest BCUT2D eigenvalue weighted by Gasteiger charge is -2.24. The fourth-order valence-electron chi connectivity index (χ4n) is 3.80. The largest absolute Gasteiger partial charge is 0.351 e. The molecule has 1 aliphatic carbocycles. The lowest BCUT2D eigenvalue weighted by molar-refractivity contribution is -0.125. The molecule has 1 aliphatic heterocycles. The fraction of sp³-hybridized carbons (Fsp3) is 0.333. The second-order valence-electron chi connectivity index (χ2n) is 7.15. The van der Waals surface area contributed by atoms with E-state index in [-0.39, 0.29) is 17.9 Å². The molecule has 2 amide bonds. The predicted molar refractivity (Wildman–Crippen MR) is 106 cm³/mol. The highest BCUT2D eigenvalue weighted by atomic mass is 35.5. The molecule has 0 spiro atoms. The first-order valence-corrected chi connectivity index (χ1v) is 9.91. The van der Waals surface area contributed by atoms with Gasteiger partial charge in [0.1, 0.15) is 6.04 Å². The lowest BCUT2D eigenvalue weighted by Crippen LogP contribution is -2.46. The molecule has 0 bridgehead atoms. The first kappa shape index (κ1) is 18.3. The molecule has 3 atom stereocenters. The molecular formula is C21H20Cl2N2O2. The monoisotopic (exact) mass is 402 g/mol. The van der Waals surface area contributed by atoms with E-state index in [4.69, 9.17) is 23.2 Å². The average Bonchev–Trinajstić information content (AvgIpc) is 3.26. The standard InChI is InChI=1S/C21H20Cl2N2O2/c22-14-8-9-17(23)16(11-14)21(27)25-10-4-7-19(25)20(26)24-18-12-15(18)13-5-2-1-3-6-13/h1-3,5-6,8-9,11,15,18-19H,4,7,10,12H2,(H,24,26)/t15-,18+,19-/m0/s1. The molecule has 0 unspecified atom stereocenters. The van der Waals surface area contributed by atoms with Crippen LogP contribution < -0.4 is 5.32 Å². The van der Waals surface area contributed by atoms with Crippen molar-refractivity contribution in [2.24, 2.45) is 0 Å². The third-order valence-electron chi connectivity index (χ3n) is 5.32. The number of carbonyl (C=O) groups is 2. The highest BCUT2D eigenvalue weighted by Crippen LogP contribution is 2.41. The van der Waals surface area contributed by atoms with Crippen molar-refractivity contribution in [3.63, 3.8) is 0 Å². The third-order valence-corrected chi connectivity index (χ3v) is 5.89. The number of nitrogens with one attached hydrogen (secondary N) is 1. The number of hydrogen-bond donors (Lipinski definition) is 1. The summed E-state index contributed by atoms with van der Waals surface area (Å²) in [6.07, 6.45) is 2.41. The molecule has 1 heterocycles. The van der Waals surface area contributed by atoms with Gasteiger partial charge in [-0.05, 0) is 43.0 Å². The Labute approximate surface area is 168 Å². The Kier molecular flexibility index (Phi) is 5.11. The molecule has 0 aromatic heterocycles. The first-order chi connectivity index (χ1) is 13.0. The van der Waals surface area contributed by atoms with Gasteiger partial charge in [0, 0.05) is 23.5 Å². The molecule has 2 aromatic rings. The molecule has 1 saturated carbocycles. The fourth-order valence-corrected chi connectivity index (χ4v) is 4.17. The highest BCUT2D eigenvalue weighted by Gasteiger charge is 2.42. The van der Waals surface area contributed by atoms with Gasteiger partial charge < -0.3 is 10.2 Å². The lowest BCUT2D eigenvalue weighted by atomic mass is 10.1. The average molecular weight is 403 g/mol. The van der Waals surface area contributed by atoms with Crippen molar-refractivity contribution in [2.75, 3.05) is 6.54 Å². The van der Waals surface area contributed by atoms with E-state index in [0.29, 0.717) is 34.5 Å². The molecule has 4 rings (SSSR count). The van der Waals surface area contributed by atoms with Gasteiger partial charge in [0.2, 0.25) is 5.91 Å². The summed E-state index contributed by atoms with van der Waals surface area (Å²) in [6, 6.07) is 14.7. The van der Waals surface area contributed by atoms with E-state index >= 15 is 0 Å². The van der Waals surface area contributed by atoms with Crippen LogP contribution >= 0.6 is 23.2 Å². The number of nitrogens with zero attached hydrogens (tertiary/aromatic N) is 1. The zero-order valence-electron chi connectivity index (χ0n) is 14.7. The van der Waals surface area contributed by atoms with Crippen LogP contribution in [0.3, 0.4) is 0 Å². The van der Waals surface area contributed by atoms with E-state index in [9.17, 15) is 9.59 Å². The maximum Gasteiger partial charge on any atom is 0.256 e. The number of halogens is 2. The predicted octanol–water partition coefficient (Wildman–Crippen LogP) is 4.27. The first-order valence-electron chi connectivity index (χ1n) is 9.16. The Morgan fingerprint density at radius 2 is 1.85 bits per heavy atom. The van der Waals surface area contributed by atoms with Gasteiger partial charge in [-0.15, -0.1) is 0 Å². The van der Waals surface area contributed by atoms with Crippen LogP contribution in [0.5, 0.6) is 0 Å². The van der Waals surface area contributed by atoms with Crippen LogP contribution in [0.15, 0.2) is 48.5 Å². The van der Waals surface area contributed by atoms with Crippen molar-refractivity contribution in [3.05, 3.63) is 69.7 Å². The van der Waals surface area contributed by atoms with Crippen LogP contribution in [0.4, 0.5) is 0 Å². The zero-order valence-corrected chi connectivity index (χ0v) is 16.2. The molecule has 2 aromatic carbocycles. The Bertz CT molecular complexity index is 872. The molecule has 1 saturated heterocycles. The number of hydrogen-bond acceptors (Lipinski definition) is 2. The van der Waals surface area contributed by atoms with Crippen molar-refractivity contribution >= 4 is 35.0 Å². The second-order valence-corrected chi connectivity index (χ2v) is 7.99. The number of amides is 2. The smallest absolute Gasteiger partial charge is 0.256 e. The van der Waals surface area contributed by atoms with Crippen LogP contribution in [0.25, 0.3) is 0 Å². The maximum absolute atomic E-state index is 12.9. The maximum atomic E-state index is 12.9. The molecule has 27 heavy (non-hydrogen) atoms. The van der Waals surface area contributed by atoms with Crippen LogP contribution in [-0.2, 0) is 4.79 Å². The van der Waals surface area contributed by atoms with Crippen LogP contribution in [0.1, 0.15) is 41.1 Å². The summed E-state index contributed by atoms with van der Waals surface area (Å²) in [7, 11) is 0. The molecule has 1 N–H and O–H groups in total. The van der Waals surface area contributed by atoms with Gasteiger partial charge in [0.15, 0.2) is 0 Å². The summed E-state index contributed by atoms with van der Waals surface area (Å²) in [4.78, 5) is 27.3. The van der Waals surface area contributed by atoms with Gasteiger partial charge in [-0.1, -0.05) is 53.5 Å². The summed E-state index contributed by atoms with van der Waals surface area (Å²) in [5, 5.41) is 3.91.